The van der Waals surface area contributed by atoms with Crippen molar-refractivity contribution in [2.75, 3.05) is 26.2 Å². The van der Waals surface area contributed by atoms with E-state index in [2.05, 4.69) is 11.5 Å². The van der Waals surface area contributed by atoms with Crippen LogP contribution < -0.4 is 4.74 Å². The van der Waals surface area contributed by atoms with Crippen LogP contribution in [0.2, 0.25) is 0 Å². The van der Waals surface area contributed by atoms with Gasteiger partial charge in [0.2, 0.25) is 0 Å². The van der Waals surface area contributed by atoms with Crippen molar-refractivity contribution in [1.82, 2.24) is 4.90 Å². The summed E-state index contributed by atoms with van der Waals surface area (Å²) in [5.74, 6) is -0.0794. The number of aliphatic hydroxyl groups is 2. The van der Waals surface area contributed by atoms with Gasteiger partial charge in [-0.25, -0.2) is 0 Å². The molecule has 3 N–H and O–H groups in total. The van der Waals surface area contributed by atoms with Gasteiger partial charge in [-0.2, -0.15) is 0 Å². The Morgan fingerprint density at radius 3 is 2.67 bits per heavy atom. The van der Waals surface area contributed by atoms with Crippen LogP contribution in [0.5, 0.6) is 11.5 Å². The predicted molar refractivity (Wildman–Crippen MR) is 161 cm³/mol. The molecule has 1 fully saturated rings. The summed E-state index contributed by atoms with van der Waals surface area (Å²) in [5, 5.41) is 34.3. The molecule has 0 aromatic heterocycles. The highest BCUT2D eigenvalue weighted by atomic mass is 35.5. The zero-order chi connectivity index (χ0) is 28.2. The second-order valence-electron chi connectivity index (χ2n) is 10.4. The number of benzene rings is 1. The Labute approximate surface area is 239 Å². The van der Waals surface area contributed by atoms with Crippen LogP contribution in [0.15, 0.2) is 89.6 Å². The van der Waals surface area contributed by atoms with E-state index in [9.17, 15) is 15.3 Å². The second-order valence-corrected chi connectivity index (χ2v) is 10.9. The monoisotopic (exact) mass is 553 g/mol. The van der Waals surface area contributed by atoms with Gasteiger partial charge in [0.1, 0.15) is 11.5 Å². The lowest BCUT2D eigenvalue weighted by molar-refractivity contribution is 0.0729. The molecule has 0 spiro atoms. The third-order valence-electron chi connectivity index (χ3n) is 7.58. The highest BCUT2D eigenvalue weighted by molar-refractivity contribution is 6.29. The van der Waals surface area contributed by atoms with E-state index in [1.54, 1.807) is 24.3 Å². The normalized spacial score (nSPS) is 19.5. The van der Waals surface area contributed by atoms with Crippen molar-refractivity contribution < 1.29 is 20.1 Å². The highest BCUT2D eigenvalue weighted by Crippen LogP contribution is 2.44. The van der Waals surface area contributed by atoms with E-state index in [1.807, 2.05) is 56.4 Å². The van der Waals surface area contributed by atoms with Crippen molar-refractivity contribution in [3.8, 4) is 11.5 Å². The van der Waals surface area contributed by atoms with Gasteiger partial charge in [0, 0.05) is 35.5 Å². The van der Waals surface area contributed by atoms with Gasteiger partial charge in [-0.05, 0) is 75.4 Å². The minimum Gasteiger partial charge on any atom is -0.507 e. The van der Waals surface area contributed by atoms with E-state index in [1.165, 1.54) is 6.42 Å². The number of phenols is 1. The number of rotatable bonds is 15. The fraction of sp³-hybridized carbons (Fsp3) is 0.455. The van der Waals surface area contributed by atoms with Crippen molar-refractivity contribution >= 4 is 11.6 Å². The molecule has 0 radical (unpaired) electrons. The molecule has 2 aliphatic rings. The molecule has 39 heavy (non-hydrogen) atoms. The van der Waals surface area contributed by atoms with Crippen LogP contribution in [0.4, 0.5) is 0 Å². The molecule has 4 atom stereocenters. The summed E-state index contributed by atoms with van der Waals surface area (Å²) in [4.78, 5) is 2.40. The Morgan fingerprint density at radius 1 is 1.21 bits per heavy atom. The van der Waals surface area contributed by atoms with Crippen LogP contribution in [0, 0.1) is 11.8 Å². The summed E-state index contributed by atoms with van der Waals surface area (Å²) in [6.07, 6.45) is 17.5. The third kappa shape index (κ3) is 9.25. The third-order valence-corrected chi connectivity index (χ3v) is 7.86. The molecule has 212 valence electrons. The van der Waals surface area contributed by atoms with Crippen LogP contribution >= 0.6 is 11.6 Å². The number of ether oxygens (including phenoxy) is 1. The number of hydrogen-bond donors (Lipinski definition) is 3. The van der Waals surface area contributed by atoms with E-state index in [0.29, 0.717) is 42.2 Å². The lowest BCUT2D eigenvalue weighted by Crippen LogP contribution is -2.38. The van der Waals surface area contributed by atoms with Gasteiger partial charge < -0.3 is 25.0 Å². The van der Waals surface area contributed by atoms with Crippen molar-refractivity contribution in [2.45, 2.75) is 58.2 Å². The molecular formula is C33H44ClNO4. The van der Waals surface area contributed by atoms with Gasteiger partial charge >= 0.3 is 0 Å². The maximum absolute atomic E-state index is 11.9. The molecule has 0 bridgehead atoms. The molecular weight excluding hydrogens is 510 g/mol. The molecule has 5 nitrogen and oxygen atoms in total. The molecule has 1 aliphatic carbocycles. The van der Waals surface area contributed by atoms with Crippen LogP contribution in [-0.4, -0.2) is 52.6 Å². The fourth-order valence-corrected chi connectivity index (χ4v) is 5.25. The summed E-state index contributed by atoms with van der Waals surface area (Å²) < 4.78 is 5.88. The zero-order valence-corrected chi connectivity index (χ0v) is 24.1. The maximum Gasteiger partial charge on any atom is 0.125 e. The zero-order valence-electron chi connectivity index (χ0n) is 23.3. The number of hydrogen-bond acceptors (Lipinski definition) is 5. The number of halogens is 1. The first-order chi connectivity index (χ1) is 18.8. The SMILES string of the molecule is C=C/C=C\C=C(/C)[C@H](CC(O)CC)[C@@H](C1=CC=C(Cl)CC=C1)[C@H](O)c1ccc(OCCCN2CCC2)cc1O. The average molecular weight is 554 g/mol. The number of allylic oxidation sites excluding steroid dienone is 10. The summed E-state index contributed by atoms with van der Waals surface area (Å²) in [6.45, 7) is 11.6. The Bertz CT molecular complexity index is 1100. The van der Waals surface area contributed by atoms with Gasteiger partial charge in [0.25, 0.3) is 0 Å². The largest absolute Gasteiger partial charge is 0.507 e. The smallest absolute Gasteiger partial charge is 0.125 e. The molecule has 1 aromatic carbocycles. The number of aromatic hydroxyl groups is 1. The number of phenolic OH excluding ortho intramolecular Hbond substituents is 1. The maximum atomic E-state index is 11.9. The van der Waals surface area contributed by atoms with Gasteiger partial charge in [0.15, 0.2) is 0 Å². The first kappa shape index (κ1) is 31.0. The number of nitrogens with zero attached hydrogens (tertiary/aromatic N) is 1. The molecule has 1 aromatic rings. The highest BCUT2D eigenvalue weighted by Gasteiger charge is 2.35. The van der Waals surface area contributed by atoms with Crippen LogP contribution in [-0.2, 0) is 0 Å². The van der Waals surface area contributed by atoms with Crippen LogP contribution in [0.25, 0.3) is 0 Å². The second kappa shape index (κ2) is 15.9. The molecule has 1 aliphatic heterocycles. The lowest BCUT2D eigenvalue weighted by atomic mass is 9.73. The Balaban J connectivity index is 1.92. The van der Waals surface area contributed by atoms with Crippen molar-refractivity contribution in [2.24, 2.45) is 11.8 Å². The first-order valence-electron chi connectivity index (χ1n) is 14.1. The van der Waals surface area contributed by atoms with Gasteiger partial charge in [0.05, 0.1) is 18.8 Å². The molecule has 3 rings (SSSR count). The summed E-state index contributed by atoms with van der Waals surface area (Å²) in [5.41, 5.74) is 2.32. The van der Waals surface area contributed by atoms with E-state index in [-0.39, 0.29) is 11.7 Å². The summed E-state index contributed by atoms with van der Waals surface area (Å²) >= 11 is 6.32. The number of likely N-dealkylation sites (tertiary alicyclic amines) is 1. The van der Waals surface area contributed by atoms with E-state index < -0.39 is 18.1 Å². The molecule has 1 unspecified atom stereocenters. The van der Waals surface area contributed by atoms with Crippen LogP contribution in [0.1, 0.15) is 57.6 Å². The fourth-order valence-electron chi connectivity index (χ4n) is 5.10. The van der Waals surface area contributed by atoms with Crippen LogP contribution in [0.3, 0.4) is 0 Å². The molecule has 1 heterocycles. The Morgan fingerprint density at radius 2 is 2.00 bits per heavy atom. The summed E-state index contributed by atoms with van der Waals surface area (Å²) in [6, 6.07) is 5.13. The minimum atomic E-state index is -1.03. The van der Waals surface area contributed by atoms with Crippen molar-refractivity contribution in [1.29, 1.82) is 0 Å². The average Bonchev–Trinajstić information content (AvgIpc) is 3.11. The minimum absolute atomic E-state index is 0.0116. The van der Waals surface area contributed by atoms with Crippen molar-refractivity contribution in [3.63, 3.8) is 0 Å². The quantitative estimate of drug-likeness (QED) is 0.161. The molecule has 0 amide bonds. The van der Waals surface area contributed by atoms with Gasteiger partial charge in [-0.1, -0.05) is 73.2 Å². The predicted octanol–water partition coefficient (Wildman–Crippen LogP) is 6.99. The van der Waals surface area contributed by atoms with Crippen molar-refractivity contribution in [3.05, 3.63) is 95.1 Å². The van der Waals surface area contributed by atoms with E-state index in [4.69, 9.17) is 16.3 Å². The first-order valence-corrected chi connectivity index (χ1v) is 14.4. The van der Waals surface area contributed by atoms with E-state index >= 15 is 0 Å². The Kier molecular flexibility index (Phi) is 12.6. The molecule has 1 saturated heterocycles. The van der Waals surface area contributed by atoms with Gasteiger partial charge in [-0.15, -0.1) is 0 Å². The topological polar surface area (TPSA) is 73.2 Å². The van der Waals surface area contributed by atoms with Gasteiger partial charge in [-0.3, -0.25) is 0 Å². The standard InChI is InChI=1S/C33H44ClNO4/c1-4-6-7-11-24(3)30(22-27(36)5-2)32(25-12-8-13-26(34)15-14-25)33(38)29-17-16-28(23-31(29)37)39-21-10-20-35-18-9-19-35/h4,6-8,11-12,14-17,23,27,30,32-33,36-38H,1,5,9-10,13,18-22H2,2-3H3/b7-6-,24-11+/t27?,30-,32+,33+/m0/s1. The molecule has 0 saturated carbocycles. The molecule has 6 heteroatoms. The summed E-state index contributed by atoms with van der Waals surface area (Å²) in [7, 11) is 0. The number of aliphatic hydroxyl groups excluding tert-OH is 2. The Hall–Kier alpha value is -2.57. The van der Waals surface area contributed by atoms with E-state index in [0.717, 1.165) is 37.2 Å². The lowest BCUT2D eigenvalue weighted by Gasteiger charge is -2.34.